The SMILES string of the molecule is CC(C)Oc1ccc(F)c(CNc2ccc(S(=O)(=O)Nc3cscn3)c(F)c2F)c1CN(C)C(C)C. The minimum atomic E-state index is -4.40. The first kappa shape index (κ1) is 27.8. The van der Waals surface area contributed by atoms with Crippen molar-refractivity contribution in [3.63, 3.8) is 0 Å². The van der Waals surface area contributed by atoms with Crippen LogP contribution in [0, 0.1) is 17.5 Å². The fraction of sp³-hybridized carbons (Fsp3) is 0.375. The number of nitrogens with zero attached hydrogens (tertiary/aromatic N) is 2. The predicted octanol–water partition coefficient (Wildman–Crippen LogP) is 5.60. The summed E-state index contributed by atoms with van der Waals surface area (Å²) < 4.78 is 77.6. The van der Waals surface area contributed by atoms with Crippen molar-refractivity contribution in [2.24, 2.45) is 0 Å². The third kappa shape index (κ3) is 6.48. The van der Waals surface area contributed by atoms with E-state index < -0.39 is 32.4 Å². The van der Waals surface area contributed by atoms with E-state index in [-0.39, 0.29) is 35.8 Å². The van der Waals surface area contributed by atoms with Gasteiger partial charge in [-0.15, -0.1) is 11.3 Å². The van der Waals surface area contributed by atoms with Crippen LogP contribution in [0.4, 0.5) is 24.7 Å². The molecule has 0 unspecified atom stereocenters. The standard InChI is InChI=1S/C24H29F3N4O3S2/c1-14(2)31(5)11-17-16(18(25)6-8-20(17)34-15(3)4)10-28-19-7-9-21(24(27)23(19)26)36(32,33)30-22-12-35-13-29-22/h6-9,12-15,28,30H,10-11H2,1-5H3. The lowest BCUT2D eigenvalue weighted by atomic mass is 10.0. The molecule has 7 nitrogen and oxygen atoms in total. The summed E-state index contributed by atoms with van der Waals surface area (Å²) in [7, 11) is -2.51. The zero-order chi connectivity index (χ0) is 26.6. The van der Waals surface area contributed by atoms with Crippen molar-refractivity contribution in [2.45, 2.75) is 57.8 Å². The Morgan fingerprint density at radius 3 is 2.39 bits per heavy atom. The van der Waals surface area contributed by atoms with Crippen LogP contribution in [0.1, 0.15) is 38.8 Å². The van der Waals surface area contributed by atoms with Crippen molar-refractivity contribution < 1.29 is 26.3 Å². The number of aromatic nitrogens is 1. The molecule has 196 valence electrons. The van der Waals surface area contributed by atoms with Crippen LogP contribution in [0.2, 0.25) is 0 Å². The molecule has 0 aliphatic heterocycles. The molecule has 2 aromatic carbocycles. The van der Waals surface area contributed by atoms with E-state index in [0.717, 1.165) is 23.5 Å². The van der Waals surface area contributed by atoms with Crippen LogP contribution in [0.5, 0.6) is 5.75 Å². The molecule has 3 aromatic rings. The van der Waals surface area contributed by atoms with Gasteiger partial charge in [-0.3, -0.25) is 9.62 Å². The van der Waals surface area contributed by atoms with Crippen LogP contribution < -0.4 is 14.8 Å². The van der Waals surface area contributed by atoms with Gasteiger partial charge in [-0.1, -0.05) is 0 Å². The Labute approximate surface area is 213 Å². The highest BCUT2D eigenvalue weighted by molar-refractivity contribution is 7.92. The van der Waals surface area contributed by atoms with E-state index in [1.54, 1.807) is 6.07 Å². The Bertz CT molecular complexity index is 1300. The molecule has 0 radical (unpaired) electrons. The van der Waals surface area contributed by atoms with Gasteiger partial charge >= 0.3 is 0 Å². The van der Waals surface area contributed by atoms with E-state index in [2.05, 4.69) is 15.0 Å². The summed E-state index contributed by atoms with van der Waals surface area (Å²) in [5.74, 6) is -2.98. The molecule has 3 rings (SSSR count). The van der Waals surface area contributed by atoms with Crippen LogP contribution in [0.15, 0.2) is 40.1 Å². The Balaban J connectivity index is 1.91. The van der Waals surface area contributed by atoms with E-state index in [1.165, 1.54) is 17.0 Å². The second kappa shape index (κ2) is 11.5. The first-order chi connectivity index (χ1) is 16.9. The number of nitrogens with one attached hydrogen (secondary N) is 2. The van der Waals surface area contributed by atoms with Crippen molar-refractivity contribution >= 4 is 32.9 Å². The van der Waals surface area contributed by atoms with Gasteiger partial charge in [0, 0.05) is 35.6 Å². The number of hydrogen-bond donors (Lipinski definition) is 2. The molecule has 2 N–H and O–H groups in total. The second-order valence-corrected chi connectivity index (χ2v) is 11.1. The van der Waals surface area contributed by atoms with Gasteiger partial charge < -0.3 is 10.1 Å². The average molecular weight is 543 g/mol. The summed E-state index contributed by atoms with van der Waals surface area (Å²) in [4.78, 5) is 4.92. The van der Waals surface area contributed by atoms with Gasteiger partial charge in [0.05, 0.1) is 17.3 Å². The Morgan fingerprint density at radius 2 is 1.78 bits per heavy atom. The molecular formula is C24H29F3N4O3S2. The number of ether oxygens (including phenoxy) is 1. The quantitative estimate of drug-likeness (QED) is 0.328. The molecule has 0 fully saturated rings. The van der Waals surface area contributed by atoms with Gasteiger partial charge in [0.2, 0.25) is 0 Å². The molecule has 12 heteroatoms. The molecule has 0 aliphatic carbocycles. The monoisotopic (exact) mass is 542 g/mol. The fourth-order valence-corrected chi connectivity index (χ4v) is 4.95. The number of sulfonamides is 1. The molecule has 0 saturated heterocycles. The summed E-state index contributed by atoms with van der Waals surface area (Å²) in [6, 6.07) is 5.03. The van der Waals surface area contributed by atoms with Crippen molar-refractivity contribution in [1.29, 1.82) is 0 Å². The van der Waals surface area contributed by atoms with E-state index in [9.17, 15) is 21.6 Å². The van der Waals surface area contributed by atoms with Crippen LogP contribution in [-0.2, 0) is 23.1 Å². The number of halogens is 3. The lowest BCUT2D eigenvalue weighted by Crippen LogP contribution is -2.27. The maximum atomic E-state index is 14.9. The largest absolute Gasteiger partial charge is 0.491 e. The summed E-state index contributed by atoms with van der Waals surface area (Å²) in [6.45, 7) is 7.89. The number of rotatable bonds is 11. The molecular weight excluding hydrogens is 513 g/mol. The Hall–Kier alpha value is -2.83. The smallest absolute Gasteiger partial charge is 0.266 e. The highest BCUT2D eigenvalue weighted by atomic mass is 32.2. The molecule has 0 amide bonds. The van der Waals surface area contributed by atoms with Crippen molar-refractivity contribution in [3.8, 4) is 5.75 Å². The van der Waals surface area contributed by atoms with E-state index in [0.29, 0.717) is 17.9 Å². The zero-order valence-corrected chi connectivity index (χ0v) is 22.2. The lowest BCUT2D eigenvalue weighted by Gasteiger charge is -2.25. The number of benzene rings is 2. The first-order valence-electron chi connectivity index (χ1n) is 11.2. The normalized spacial score (nSPS) is 12.0. The predicted molar refractivity (Wildman–Crippen MR) is 135 cm³/mol. The van der Waals surface area contributed by atoms with Gasteiger partial charge in [0.15, 0.2) is 17.5 Å². The van der Waals surface area contributed by atoms with Crippen molar-refractivity contribution in [1.82, 2.24) is 9.88 Å². The third-order valence-corrected chi connectivity index (χ3v) is 7.40. The van der Waals surface area contributed by atoms with E-state index in [1.807, 2.05) is 39.6 Å². The van der Waals surface area contributed by atoms with E-state index in [4.69, 9.17) is 4.74 Å². The molecule has 0 spiro atoms. The minimum Gasteiger partial charge on any atom is -0.491 e. The lowest BCUT2D eigenvalue weighted by molar-refractivity contribution is 0.225. The van der Waals surface area contributed by atoms with Gasteiger partial charge in [0.25, 0.3) is 10.0 Å². The maximum Gasteiger partial charge on any atom is 0.266 e. The molecule has 0 aliphatic rings. The molecule has 0 atom stereocenters. The summed E-state index contributed by atoms with van der Waals surface area (Å²) in [6.07, 6.45) is -0.154. The third-order valence-electron chi connectivity index (χ3n) is 5.45. The van der Waals surface area contributed by atoms with Crippen molar-refractivity contribution in [2.75, 3.05) is 17.1 Å². The Kier molecular flexibility index (Phi) is 8.85. The number of anilines is 2. The first-order valence-corrected chi connectivity index (χ1v) is 13.6. The zero-order valence-electron chi connectivity index (χ0n) is 20.6. The highest BCUT2D eigenvalue weighted by Gasteiger charge is 2.25. The van der Waals surface area contributed by atoms with E-state index >= 15 is 0 Å². The highest BCUT2D eigenvalue weighted by Crippen LogP contribution is 2.30. The molecule has 1 aromatic heterocycles. The molecule has 36 heavy (non-hydrogen) atoms. The number of hydrogen-bond acceptors (Lipinski definition) is 7. The molecule has 0 bridgehead atoms. The van der Waals surface area contributed by atoms with Gasteiger partial charge in [0.1, 0.15) is 16.5 Å². The van der Waals surface area contributed by atoms with Gasteiger partial charge in [-0.25, -0.2) is 26.6 Å². The summed E-state index contributed by atoms with van der Waals surface area (Å²) >= 11 is 1.14. The van der Waals surface area contributed by atoms with Crippen LogP contribution in [-0.4, -0.2) is 37.5 Å². The molecule has 1 heterocycles. The van der Waals surface area contributed by atoms with Crippen LogP contribution in [0.3, 0.4) is 0 Å². The van der Waals surface area contributed by atoms with Crippen LogP contribution >= 0.6 is 11.3 Å². The topological polar surface area (TPSA) is 83.6 Å². The fourth-order valence-electron chi connectivity index (χ4n) is 3.32. The van der Waals surface area contributed by atoms with Gasteiger partial charge in [-0.05, 0) is 59.0 Å². The minimum absolute atomic E-state index is 0.000113. The van der Waals surface area contributed by atoms with Crippen molar-refractivity contribution in [3.05, 3.63) is 63.7 Å². The Morgan fingerprint density at radius 1 is 1.06 bits per heavy atom. The number of thiazole rings is 1. The van der Waals surface area contributed by atoms with Crippen LogP contribution in [0.25, 0.3) is 0 Å². The summed E-state index contributed by atoms with van der Waals surface area (Å²) in [5, 5.41) is 4.12. The second-order valence-electron chi connectivity index (χ2n) is 8.75. The maximum absolute atomic E-state index is 14.9. The summed E-state index contributed by atoms with van der Waals surface area (Å²) in [5.41, 5.74) is 1.91. The molecule has 0 saturated carbocycles. The van der Waals surface area contributed by atoms with Gasteiger partial charge in [-0.2, -0.15) is 0 Å². The average Bonchev–Trinajstić information content (AvgIpc) is 3.29.